The van der Waals surface area contributed by atoms with Crippen molar-refractivity contribution < 1.29 is 23.7 Å². The molecule has 182 valence electrons. The Morgan fingerprint density at radius 1 is 0.886 bits per heavy atom. The van der Waals surface area contributed by atoms with Crippen LogP contribution in [0, 0.1) is 0 Å². The van der Waals surface area contributed by atoms with Crippen LogP contribution in [0.3, 0.4) is 0 Å². The van der Waals surface area contributed by atoms with Gasteiger partial charge in [0.15, 0.2) is 16.6 Å². The number of nitrogens with zero attached hydrogens (tertiary/aromatic N) is 2. The second-order valence-electron chi connectivity index (χ2n) is 7.45. The SMILES string of the molecule is COc1ccc(OC)c(-c2csc(N(CCc3ccc(OC)c(OC)c3)C(=O)c3cccs3)n2)c1. The topological polar surface area (TPSA) is 70.1 Å². The molecule has 0 aliphatic heterocycles. The fourth-order valence-corrected chi connectivity index (χ4v) is 5.14. The predicted octanol–water partition coefficient (Wildman–Crippen LogP) is 5.80. The Hall–Kier alpha value is -3.56. The van der Waals surface area contributed by atoms with E-state index in [4.69, 9.17) is 23.9 Å². The largest absolute Gasteiger partial charge is 0.497 e. The van der Waals surface area contributed by atoms with Crippen LogP contribution in [0.15, 0.2) is 59.3 Å². The van der Waals surface area contributed by atoms with Crippen molar-refractivity contribution in [3.8, 4) is 34.3 Å². The normalized spacial score (nSPS) is 10.6. The molecule has 0 spiro atoms. The van der Waals surface area contributed by atoms with Crippen LogP contribution in [0.4, 0.5) is 5.13 Å². The van der Waals surface area contributed by atoms with E-state index in [1.165, 1.54) is 22.7 Å². The Kier molecular flexibility index (Phi) is 7.89. The Labute approximate surface area is 212 Å². The average Bonchev–Trinajstić information content (AvgIpc) is 3.61. The smallest absolute Gasteiger partial charge is 0.270 e. The number of aromatic nitrogens is 1. The number of carbonyl (C=O) groups excluding carboxylic acids is 1. The van der Waals surface area contributed by atoms with Crippen molar-refractivity contribution in [2.24, 2.45) is 0 Å². The zero-order valence-electron chi connectivity index (χ0n) is 19.9. The Morgan fingerprint density at radius 3 is 2.34 bits per heavy atom. The first-order valence-electron chi connectivity index (χ1n) is 10.8. The lowest BCUT2D eigenvalue weighted by atomic mass is 10.1. The number of benzene rings is 2. The molecule has 0 bridgehead atoms. The molecule has 0 saturated heterocycles. The Bertz CT molecular complexity index is 1290. The highest BCUT2D eigenvalue weighted by molar-refractivity contribution is 7.14. The van der Waals surface area contributed by atoms with Gasteiger partial charge < -0.3 is 18.9 Å². The van der Waals surface area contributed by atoms with Gasteiger partial charge >= 0.3 is 0 Å². The predicted molar refractivity (Wildman–Crippen MR) is 140 cm³/mol. The number of rotatable bonds is 10. The molecule has 0 radical (unpaired) electrons. The minimum Gasteiger partial charge on any atom is -0.497 e. The molecular weight excluding hydrogens is 484 g/mol. The molecule has 9 heteroatoms. The standard InChI is InChI=1S/C26H26N2O5S2/c1-30-18-8-10-21(31-2)19(15-18)20-16-35-26(27-20)28(25(29)24-6-5-13-34-24)12-11-17-7-9-22(32-3)23(14-17)33-4/h5-10,13-16H,11-12H2,1-4H3. The maximum atomic E-state index is 13.4. The van der Waals surface area contributed by atoms with Gasteiger partial charge in [0.2, 0.25) is 0 Å². The van der Waals surface area contributed by atoms with Crippen LogP contribution < -0.4 is 23.8 Å². The number of hydrogen-bond donors (Lipinski definition) is 0. The minimum absolute atomic E-state index is 0.0843. The number of thiophene rings is 1. The number of thiazole rings is 1. The van der Waals surface area contributed by atoms with E-state index in [2.05, 4.69) is 0 Å². The molecule has 7 nitrogen and oxygen atoms in total. The Morgan fingerprint density at radius 2 is 1.66 bits per heavy atom. The molecule has 0 unspecified atom stereocenters. The molecular formula is C26H26N2O5S2. The highest BCUT2D eigenvalue weighted by atomic mass is 32.1. The molecule has 4 rings (SSSR count). The van der Waals surface area contributed by atoms with Gasteiger partial charge in [-0.15, -0.1) is 22.7 Å². The van der Waals surface area contributed by atoms with Crippen molar-refractivity contribution in [2.45, 2.75) is 6.42 Å². The lowest BCUT2D eigenvalue weighted by molar-refractivity contribution is 0.0991. The molecule has 1 amide bonds. The quantitative estimate of drug-likeness (QED) is 0.269. The van der Waals surface area contributed by atoms with Gasteiger partial charge in [-0.05, 0) is 53.8 Å². The van der Waals surface area contributed by atoms with E-state index < -0.39 is 0 Å². The molecule has 0 fully saturated rings. The second kappa shape index (κ2) is 11.2. The van der Waals surface area contributed by atoms with Gasteiger partial charge in [0.1, 0.15) is 11.5 Å². The van der Waals surface area contributed by atoms with Crippen molar-refractivity contribution in [3.05, 3.63) is 69.7 Å². The summed E-state index contributed by atoms with van der Waals surface area (Å²) in [5.74, 6) is 2.63. The molecule has 0 atom stereocenters. The monoisotopic (exact) mass is 510 g/mol. The first kappa shape index (κ1) is 24.6. The van der Waals surface area contributed by atoms with E-state index in [-0.39, 0.29) is 5.91 Å². The lowest BCUT2D eigenvalue weighted by Gasteiger charge is -2.20. The lowest BCUT2D eigenvalue weighted by Crippen LogP contribution is -2.32. The third-order valence-electron chi connectivity index (χ3n) is 5.45. The van der Waals surface area contributed by atoms with E-state index in [9.17, 15) is 4.79 Å². The summed E-state index contributed by atoms with van der Waals surface area (Å²) in [5.41, 5.74) is 2.55. The molecule has 0 N–H and O–H groups in total. The summed E-state index contributed by atoms with van der Waals surface area (Å²) in [4.78, 5) is 20.6. The zero-order valence-corrected chi connectivity index (χ0v) is 21.6. The summed E-state index contributed by atoms with van der Waals surface area (Å²) >= 11 is 2.83. The number of carbonyl (C=O) groups is 1. The first-order chi connectivity index (χ1) is 17.1. The van der Waals surface area contributed by atoms with Gasteiger partial charge in [0.05, 0.1) is 39.0 Å². The fourth-order valence-electron chi connectivity index (χ4n) is 3.62. The fraction of sp³-hybridized carbons (Fsp3) is 0.231. The molecule has 2 aromatic heterocycles. The van der Waals surface area contributed by atoms with E-state index in [1.54, 1.807) is 33.3 Å². The summed E-state index contributed by atoms with van der Waals surface area (Å²) in [6.07, 6.45) is 0.620. The van der Waals surface area contributed by atoms with Crippen molar-refractivity contribution in [2.75, 3.05) is 39.9 Å². The van der Waals surface area contributed by atoms with E-state index in [0.29, 0.717) is 46.0 Å². The summed E-state index contributed by atoms with van der Waals surface area (Å²) < 4.78 is 21.7. The van der Waals surface area contributed by atoms with Gasteiger partial charge in [0.25, 0.3) is 5.91 Å². The Balaban J connectivity index is 1.65. The highest BCUT2D eigenvalue weighted by Crippen LogP contribution is 2.36. The number of hydrogen-bond acceptors (Lipinski definition) is 8. The molecule has 4 aromatic rings. The number of anilines is 1. The number of ether oxygens (including phenoxy) is 4. The van der Waals surface area contributed by atoms with Gasteiger partial charge in [-0.25, -0.2) is 4.98 Å². The summed E-state index contributed by atoms with van der Waals surface area (Å²) in [7, 11) is 6.45. The number of amides is 1. The third-order valence-corrected chi connectivity index (χ3v) is 7.18. The van der Waals surface area contributed by atoms with E-state index >= 15 is 0 Å². The minimum atomic E-state index is -0.0843. The van der Waals surface area contributed by atoms with Gasteiger partial charge in [-0.3, -0.25) is 9.69 Å². The zero-order chi connectivity index (χ0) is 24.8. The van der Waals surface area contributed by atoms with Gasteiger partial charge in [-0.2, -0.15) is 0 Å². The van der Waals surface area contributed by atoms with Gasteiger partial charge in [0, 0.05) is 17.5 Å². The van der Waals surface area contributed by atoms with Crippen LogP contribution in [0.25, 0.3) is 11.3 Å². The molecule has 2 heterocycles. The molecule has 0 aliphatic rings. The average molecular weight is 511 g/mol. The van der Waals surface area contributed by atoms with Crippen molar-refractivity contribution >= 4 is 33.7 Å². The first-order valence-corrected chi connectivity index (χ1v) is 12.6. The van der Waals surface area contributed by atoms with Gasteiger partial charge in [-0.1, -0.05) is 12.1 Å². The number of methoxy groups -OCH3 is 4. The van der Waals surface area contributed by atoms with Crippen LogP contribution in [-0.2, 0) is 6.42 Å². The summed E-state index contributed by atoms with van der Waals surface area (Å²) in [5, 5.41) is 4.44. The van der Waals surface area contributed by atoms with Crippen molar-refractivity contribution in [3.63, 3.8) is 0 Å². The van der Waals surface area contributed by atoms with Crippen molar-refractivity contribution in [1.29, 1.82) is 0 Å². The molecule has 35 heavy (non-hydrogen) atoms. The summed E-state index contributed by atoms with van der Waals surface area (Å²) in [6, 6.07) is 15.0. The highest BCUT2D eigenvalue weighted by Gasteiger charge is 2.23. The second-order valence-corrected chi connectivity index (χ2v) is 9.24. The molecule has 0 saturated carbocycles. The van der Waals surface area contributed by atoms with Crippen LogP contribution in [0.1, 0.15) is 15.2 Å². The van der Waals surface area contributed by atoms with Crippen LogP contribution in [0.2, 0.25) is 0 Å². The van der Waals surface area contributed by atoms with E-state index in [1.807, 2.05) is 59.3 Å². The molecule has 2 aromatic carbocycles. The van der Waals surface area contributed by atoms with Crippen LogP contribution in [-0.4, -0.2) is 45.9 Å². The van der Waals surface area contributed by atoms with Crippen LogP contribution >= 0.6 is 22.7 Å². The maximum Gasteiger partial charge on any atom is 0.270 e. The third kappa shape index (κ3) is 5.41. The van der Waals surface area contributed by atoms with E-state index in [0.717, 1.165) is 16.8 Å². The van der Waals surface area contributed by atoms with Crippen LogP contribution in [0.5, 0.6) is 23.0 Å². The van der Waals surface area contributed by atoms with Crippen molar-refractivity contribution in [1.82, 2.24) is 4.98 Å². The summed E-state index contributed by atoms with van der Waals surface area (Å²) in [6.45, 7) is 0.453. The molecule has 0 aliphatic carbocycles. The maximum absolute atomic E-state index is 13.4.